The van der Waals surface area contributed by atoms with E-state index < -0.39 is 9.84 Å². The Morgan fingerprint density at radius 1 is 1.00 bits per heavy atom. The molecule has 0 spiro atoms. The molecule has 9 nitrogen and oxygen atoms in total. The Bertz CT molecular complexity index is 1410. The number of fused-ring (bicyclic) bond motifs is 1. The number of sulfone groups is 1. The summed E-state index contributed by atoms with van der Waals surface area (Å²) in [4.78, 5) is 31.0. The monoisotopic (exact) mass is 540 g/mol. The predicted octanol–water partition coefficient (Wildman–Crippen LogP) is 2.55. The van der Waals surface area contributed by atoms with Crippen molar-refractivity contribution in [2.24, 2.45) is 0 Å². The number of thioether (sulfide) groups is 1. The van der Waals surface area contributed by atoms with Gasteiger partial charge in [-0.05, 0) is 18.2 Å². The van der Waals surface area contributed by atoms with Gasteiger partial charge in [-0.2, -0.15) is 5.10 Å². The van der Waals surface area contributed by atoms with Crippen LogP contribution in [0.25, 0.3) is 11.3 Å². The zero-order chi connectivity index (χ0) is 26.2. The molecule has 1 aromatic heterocycles. The van der Waals surface area contributed by atoms with Gasteiger partial charge in [0, 0.05) is 53.5 Å². The molecule has 2 saturated heterocycles. The van der Waals surface area contributed by atoms with Crippen LogP contribution in [0.4, 0.5) is 0 Å². The largest absolute Gasteiger partial charge is 0.378 e. The van der Waals surface area contributed by atoms with Crippen LogP contribution in [0.1, 0.15) is 32.1 Å². The highest BCUT2D eigenvalue weighted by Gasteiger charge is 2.32. The van der Waals surface area contributed by atoms with Crippen molar-refractivity contribution in [2.45, 2.75) is 5.75 Å². The molecule has 3 aliphatic rings. The lowest BCUT2D eigenvalue weighted by molar-refractivity contribution is 0.0298. The topological polar surface area (TPSA) is 102 Å². The van der Waals surface area contributed by atoms with E-state index in [9.17, 15) is 18.0 Å². The van der Waals surface area contributed by atoms with Crippen molar-refractivity contribution in [2.75, 3.05) is 50.9 Å². The molecule has 37 heavy (non-hydrogen) atoms. The van der Waals surface area contributed by atoms with Crippen LogP contribution in [0, 0.1) is 0 Å². The molecular formula is C26H28N4O5S2. The highest BCUT2D eigenvalue weighted by atomic mass is 32.2. The summed E-state index contributed by atoms with van der Waals surface area (Å²) in [7, 11) is -3.10. The molecule has 0 unspecified atom stereocenters. The van der Waals surface area contributed by atoms with E-state index in [1.165, 1.54) is 0 Å². The first-order valence-corrected chi connectivity index (χ1v) is 14.8. The second-order valence-electron chi connectivity index (χ2n) is 8.96. The van der Waals surface area contributed by atoms with Crippen LogP contribution in [-0.4, -0.2) is 90.7 Å². The number of hydrogen-bond donors (Lipinski definition) is 0. The van der Waals surface area contributed by atoms with E-state index in [0.29, 0.717) is 49.0 Å². The Morgan fingerprint density at radius 2 is 1.70 bits per heavy atom. The number of carbonyl (C=O) groups excluding carboxylic acids is 2. The van der Waals surface area contributed by atoms with Crippen molar-refractivity contribution in [3.8, 4) is 5.69 Å². The lowest BCUT2D eigenvalue weighted by Gasteiger charge is -2.27. The van der Waals surface area contributed by atoms with Gasteiger partial charge in [0.1, 0.15) is 0 Å². The summed E-state index contributed by atoms with van der Waals surface area (Å²) in [5.74, 6) is 0.108. The number of benzene rings is 1. The van der Waals surface area contributed by atoms with E-state index in [1.54, 1.807) is 56.6 Å². The summed E-state index contributed by atoms with van der Waals surface area (Å²) in [6.07, 6.45) is 3.52. The first-order valence-electron chi connectivity index (χ1n) is 12.0. The van der Waals surface area contributed by atoms with Crippen molar-refractivity contribution in [3.05, 3.63) is 77.0 Å². The van der Waals surface area contributed by atoms with Crippen LogP contribution in [0.2, 0.25) is 0 Å². The van der Waals surface area contributed by atoms with Crippen molar-refractivity contribution in [3.63, 3.8) is 0 Å². The van der Waals surface area contributed by atoms with Gasteiger partial charge in [0.25, 0.3) is 11.8 Å². The number of ether oxygens (including phenoxy) is 1. The number of carbonyl (C=O) groups is 2. The third-order valence-corrected chi connectivity index (χ3v) is 9.48. The molecule has 2 aromatic rings. The smallest absolute Gasteiger partial charge is 0.274 e. The molecule has 0 bridgehead atoms. The Morgan fingerprint density at radius 3 is 2.38 bits per heavy atom. The number of rotatable bonds is 5. The van der Waals surface area contributed by atoms with Crippen molar-refractivity contribution in [1.82, 2.24) is 19.6 Å². The first-order chi connectivity index (χ1) is 17.8. The fraction of sp³-hybridized carbons (Fsp3) is 0.346. The second-order valence-corrected chi connectivity index (χ2v) is 12.3. The lowest BCUT2D eigenvalue weighted by atomic mass is 10.0. The van der Waals surface area contributed by atoms with E-state index in [0.717, 1.165) is 21.7 Å². The maximum atomic E-state index is 13.5. The van der Waals surface area contributed by atoms with Crippen LogP contribution in [0.3, 0.4) is 0 Å². The van der Waals surface area contributed by atoms with E-state index >= 15 is 0 Å². The molecule has 0 atom stereocenters. The van der Waals surface area contributed by atoms with Gasteiger partial charge in [-0.3, -0.25) is 9.59 Å². The molecule has 1 aromatic carbocycles. The molecular weight excluding hydrogens is 512 g/mol. The highest BCUT2D eigenvalue weighted by molar-refractivity contribution is 8.02. The molecule has 0 radical (unpaired) electrons. The number of amides is 2. The first kappa shape index (κ1) is 25.5. The molecule has 4 heterocycles. The molecule has 0 N–H and O–H groups in total. The predicted molar refractivity (Wildman–Crippen MR) is 143 cm³/mol. The third kappa shape index (κ3) is 4.90. The molecule has 2 amide bonds. The summed E-state index contributed by atoms with van der Waals surface area (Å²) in [6, 6.07) is 7.05. The minimum absolute atomic E-state index is 0.0341. The maximum absolute atomic E-state index is 13.5. The van der Waals surface area contributed by atoms with E-state index in [2.05, 4.69) is 13.2 Å². The molecule has 194 valence electrons. The van der Waals surface area contributed by atoms with Crippen LogP contribution < -0.4 is 0 Å². The van der Waals surface area contributed by atoms with Gasteiger partial charge >= 0.3 is 0 Å². The van der Waals surface area contributed by atoms with Gasteiger partial charge in [0.2, 0.25) is 0 Å². The van der Waals surface area contributed by atoms with Crippen LogP contribution in [0.15, 0.2) is 54.5 Å². The van der Waals surface area contributed by atoms with E-state index in [-0.39, 0.29) is 36.4 Å². The van der Waals surface area contributed by atoms with E-state index in [4.69, 9.17) is 9.84 Å². The average Bonchev–Trinajstić information content (AvgIpc) is 3.32. The van der Waals surface area contributed by atoms with Crippen LogP contribution in [0.5, 0.6) is 0 Å². The lowest BCUT2D eigenvalue weighted by Crippen LogP contribution is -2.43. The number of aromatic nitrogens is 2. The standard InChI is InChI=1S/C26H28N4O5S2/c1-3-20-22(4-2)36-17-21-23(26(32)28-8-12-35-13-9-28)27-30(24(20)21)19-7-5-6-18(16-19)25(31)29-10-14-37(33,34)15-11-29/h3-7,16H,1-2,8-15,17H2. The van der Waals surface area contributed by atoms with Gasteiger partial charge in [-0.25, -0.2) is 13.1 Å². The summed E-state index contributed by atoms with van der Waals surface area (Å²) in [6.45, 7) is 10.3. The molecule has 11 heteroatoms. The van der Waals surface area contributed by atoms with Crippen LogP contribution in [-0.2, 0) is 20.3 Å². The minimum Gasteiger partial charge on any atom is -0.378 e. The summed E-state index contributed by atoms with van der Waals surface area (Å²) in [5.41, 5.74) is 3.84. The normalized spacial score (nSPS) is 19.4. The van der Waals surface area contributed by atoms with Gasteiger partial charge < -0.3 is 14.5 Å². The Balaban J connectivity index is 1.57. The fourth-order valence-electron chi connectivity index (χ4n) is 4.72. The van der Waals surface area contributed by atoms with Crippen molar-refractivity contribution in [1.29, 1.82) is 0 Å². The Labute approximate surface area is 220 Å². The minimum atomic E-state index is -3.10. The molecule has 5 rings (SSSR count). The SMILES string of the molecule is C=CC1=C(C=C)c2c(c(C(=O)N3CCOCC3)nn2-c2cccc(C(=O)N3CCS(=O)(=O)CC3)c2)CS1. The Kier molecular flexibility index (Phi) is 7.11. The van der Waals surface area contributed by atoms with Gasteiger partial charge in [-0.1, -0.05) is 31.4 Å². The fourth-order valence-corrected chi connectivity index (χ4v) is 6.95. The zero-order valence-electron chi connectivity index (χ0n) is 20.4. The molecule has 0 aliphatic carbocycles. The van der Waals surface area contributed by atoms with Gasteiger partial charge in [0.05, 0.1) is 36.1 Å². The molecule has 2 fully saturated rings. The van der Waals surface area contributed by atoms with Gasteiger partial charge in [0.15, 0.2) is 15.5 Å². The molecule has 3 aliphatic heterocycles. The van der Waals surface area contributed by atoms with Crippen molar-refractivity contribution < 1.29 is 22.7 Å². The Hall–Kier alpha value is -3.15. The van der Waals surface area contributed by atoms with Crippen LogP contribution >= 0.6 is 11.8 Å². The quantitative estimate of drug-likeness (QED) is 0.574. The average molecular weight is 541 g/mol. The third-order valence-electron chi connectivity index (χ3n) is 6.74. The number of morpholine rings is 1. The van der Waals surface area contributed by atoms with E-state index in [1.807, 2.05) is 6.07 Å². The number of allylic oxidation sites excluding steroid dienone is 3. The second kappa shape index (κ2) is 10.3. The van der Waals surface area contributed by atoms with Crippen molar-refractivity contribution >= 4 is 39.0 Å². The summed E-state index contributed by atoms with van der Waals surface area (Å²) < 4.78 is 30.7. The summed E-state index contributed by atoms with van der Waals surface area (Å²) >= 11 is 1.58. The number of hydrogen-bond acceptors (Lipinski definition) is 7. The zero-order valence-corrected chi connectivity index (χ0v) is 22.0. The van der Waals surface area contributed by atoms with Gasteiger partial charge in [-0.15, -0.1) is 11.8 Å². The number of nitrogens with zero attached hydrogens (tertiary/aromatic N) is 4. The molecule has 0 saturated carbocycles. The summed E-state index contributed by atoms with van der Waals surface area (Å²) in [5, 5.41) is 4.79. The highest BCUT2D eigenvalue weighted by Crippen LogP contribution is 2.41. The maximum Gasteiger partial charge on any atom is 0.274 e.